The monoisotopic (exact) mass is 245 g/mol. The maximum Gasteiger partial charge on any atom is 0.407 e. The molecule has 1 aromatic carbocycles. The minimum Gasteiger partial charge on any atom is -0.464 e. The molecule has 0 atom stereocenters. The third-order valence-electron chi connectivity index (χ3n) is 2.44. The van der Waals surface area contributed by atoms with Crippen molar-refractivity contribution in [1.82, 2.24) is 5.32 Å². The largest absolute Gasteiger partial charge is 0.464 e. The molecule has 0 radical (unpaired) electrons. The molecular weight excluding hydrogens is 230 g/mol. The third-order valence-corrected chi connectivity index (χ3v) is 2.44. The zero-order valence-corrected chi connectivity index (χ0v) is 10.2. The molecule has 0 aliphatic heterocycles. The normalized spacial score (nSPS) is 10.1. The molecule has 0 saturated heterocycles. The molecule has 0 saturated carbocycles. The van der Waals surface area contributed by atoms with E-state index in [9.17, 15) is 4.79 Å². The zero-order chi connectivity index (χ0) is 12.8. The Bertz CT molecular complexity index is 506. The summed E-state index contributed by atoms with van der Waals surface area (Å²) in [6.45, 7) is 2.59. The number of amides is 1. The first-order valence-corrected chi connectivity index (χ1v) is 5.83. The van der Waals surface area contributed by atoms with Crippen LogP contribution < -0.4 is 5.32 Å². The van der Waals surface area contributed by atoms with Crippen molar-refractivity contribution in [1.29, 1.82) is 0 Å². The molecule has 1 aromatic heterocycles. The summed E-state index contributed by atoms with van der Waals surface area (Å²) in [7, 11) is 0. The summed E-state index contributed by atoms with van der Waals surface area (Å²) in [5, 5.41) is 2.68. The lowest BCUT2D eigenvalue weighted by Gasteiger charge is -2.06. The molecule has 94 valence electrons. The van der Waals surface area contributed by atoms with Gasteiger partial charge in [0, 0.05) is 12.1 Å². The van der Waals surface area contributed by atoms with Gasteiger partial charge in [0.05, 0.1) is 12.9 Å². The summed E-state index contributed by atoms with van der Waals surface area (Å²) >= 11 is 0. The predicted molar refractivity (Wildman–Crippen MR) is 68.0 cm³/mol. The molecule has 0 aliphatic rings. The van der Waals surface area contributed by atoms with Crippen molar-refractivity contribution < 1.29 is 13.9 Å². The highest BCUT2D eigenvalue weighted by molar-refractivity contribution is 5.67. The Kier molecular flexibility index (Phi) is 4.02. The number of benzene rings is 1. The summed E-state index contributed by atoms with van der Waals surface area (Å²) in [4.78, 5) is 11.2. The van der Waals surface area contributed by atoms with Crippen LogP contribution in [0.5, 0.6) is 0 Å². The van der Waals surface area contributed by atoms with Gasteiger partial charge in [0.15, 0.2) is 0 Å². The van der Waals surface area contributed by atoms with Gasteiger partial charge in [-0.15, -0.1) is 0 Å². The van der Waals surface area contributed by atoms with Crippen molar-refractivity contribution in [3.05, 3.63) is 48.2 Å². The molecular formula is C14H15NO3. The molecule has 4 heteroatoms. The fraction of sp³-hybridized carbons (Fsp3) is 0.214. The Balaban J connectivity index is 2.02. The van der Waals surface area contributed by atoms with Gasteiger partial charge in [0.25, 0.3) is 0 Å². The molecule has 1 amide bonds. The first kappa shape index (κ1) is 12.2. The lowest BCUT2D eigenvalue weighted by molar-refractivity contribution is 0.151. The van der Waals surface area contributed by atoms with Gasteiger partial charge in [-0.2, -0.15) is 0 Å². The van der Waals surface area contributed by atoms with Crippen LogP contribution >= 0.6 is 0 Å². The van der Waals surface area contributed by atoms with Crippen LogP contribution in [0.4, 0.5) is 4.79 Å². The highest BCUT2D eigenvalue weighted by Crippen LogP contribution is 2.20. The Morgan fingerprint density at radius 2 is 2.22 bits per heavy atom. The maximum absolute atomic E-state index is 11.2. The second kappa shape index (κ2) is 5.91. The molecule has 2 rings (SSSR count). The topological polar surface area (TPSA) is 51.5 Å². The van der Waals surface area contributed by atoms with Crippen LogP contribution in [0.25, 0.3) is 11.3 Å². The number of carbonyl (C=O) groups excluding carboxylic acids is 1. The minimum atomic E-state index is -0.402. The number of rotatable bonds is 4. The molecule has 18 heavy (non-hydrogen) atoms. The SMILES string of the molecule is CCOC(=O)NCc1cccc(-c2ccco2)c1. The van der Waals surface area contributed by atoms with Crippen LogP contribution in [-0.2, 0) is 11.3 Å². The summed E-state index contributed by atoms with van der Waals surface area (Å²) in [5.41, 5.74) is 1.99. The number of hydrogen-bond acceptors (Lipinski definition) is 3. The van der Waals surface area contributed by atoms with E-state index in [0.29, 0.717) is 13.2 Å². The van der Waals surface area contributed by atoms with Crippen molar-refractivity contribution >= 4 is 6.09 Å². The number of carbonyl (C=O) groups is 1. The van der Waals surface area contributed by atoms with Crippen molar-refractivity contribution in [3.63, 3.8) is 0 Å². The van der Waals surface area contributed by atoms with E-state index in [0.717, 1.165) is 16.9 Å². The van der Waals surface area contributed by atoms with Crippen LogP contribution in [-0.4, -0.2) is 12.7 Å². The summed E-state index contributed by atoms with van der Waals surface area (Å²) in [6.07, 6.45) is 1.24. The van der Waals surface area contributed by atoms with Crippen molar-refractivity contribution in [2.24, 2.45) is 0 Å². The molecule has 0 aliphatic carbocycles. The summed E-state index contributed by atoms with van der Waals surface area (Å²) in [5.74, 6) is 0.813. The summed E-state index contributed by atoms with van der Waals surface area (Å²) in [6, 6.07) is 11.6. The number of nitrogens with one attached hydrogen (secondary N) is 1. The molecule has 1 heterocycles. The average molecular weight is 245 g/mol. The minimum absolute atomic E-state index is 0.373. The van der Waals surface area contributed by atoms with E-state index in [2.05, 4.69) is 5.32 Å². The number of furan rings is 1. The van der Waals surface area contributed by atoms with E-state index in [1.807, 2.05) is 36.4 Å². The van der Waals surface area contributed by atoms with Crippen LogP contribution in [0.3, 0.4) is 0 Å². The van der Waals surface area contributed by atoms with Gasteiger partial charge < -0.3 is 14.5 Å². The Hall–Kier alpha value is -2.23. The van der Waals surface area contributed by atoms with Gasteiger partial charge in [-0.3, -0.25) is 0 Å². The highest BCUT2D eigenvalue weighted by atomic mass is 16.5. The Morgan fingerprint density at radius 3 is 2.94 bits per heavy atom. The Morgan fingerprint density at radius 1 is 1.33 bits per heavy atom. The zero-order valence-electron chi connectivity index (χ0n) is 10.2. The molecule has 0 bridgehead atoms. The fourth-order valence-electron chi connectivity index (χ4n) is 1.63. The smallest absolute Gasteiger partial charge is 0.407 e. The van der Waals surface area contributed by atoms with Gasteiger partial charge in [-0.05, 0) is 30.7 Å². The Labute approximate surface area is 106 Å². The number of ether oxygens (including phenoxy) is 1. The van der Waals surface area contributed by atoms with Crippen molar-refractivity contribution in [2.45, 2.75) is 13.5 Å². The lowest BCUT2D eigenvalue weighted by Crippen LogP contribution is -2.23. The number of hydrogen-bond donors (Lipinski definition) is 1. The van der Waals surface area contributed by atoms with Crippen LogP contribution in [0, 0.1) is 0 Å². The van der Waals surface area contributed by atoms with Gasteiger partial charge in [0.2, 0.25) is 0 Å². The van der Waals surface area contributed by atoms with Crippen LogP contribution in [0.2, 0.25) is 0 Å². The van der Waals surface area contributed by atoms with Crippen LogP contribution in [0.1, 0.15) is 12.5 Å². The first-order chi connectivity index (χ1) is 8.79. The highest BCUT2D eigenvalue weighted by Gasteiger charge is 2.03. The van der Waals surface area contributed by atoms with E-state index in [1.165, 1.54) is 0 Å². The van der Waals surface area contributed by atoms with E-state index in [4.69, 9.17) is 9.15 Å². The van der Waals surface area contributed by atoms with Gasteiger partial charge in [-0.25, -0.2) is 4.79 Å². The predicted octanol–water partition coefficient (Wildman–Crippen LogP) is 3.19. The standard InChI is InChI=1S/C14H15NO3/c1-2-17-14(16)15-10-11-5-3-6-12(9-11)13-7-4-8-18-13/h3-9H,2,10H2,1H3,(H,15,16). The van der Waals surface area contributed by atoms with Crippen molar-refractivity contribution in [2.75, 3.05) is 6.61 Å². The summed E-state index contributed by atoms with van der Waals surface area (Å²) < 4.78 is 10.1. The molecule has 0 fully saturated rings. The molecule has 1 N–H and O–H groups in total. The van der Waals surface area contributed by atoms with E-state index in [-0.39, 0.29) is 0 Å². The molecule has 4 nitrogen and oxygen atoms in total. The quantitative estimate of drug-likeness (QED) is 0.899. The van der Waals surface area contributed by atoms with E-state index >= 15 is 0 Å². The van der Waals surface area contributed by atoms with Crippen LogP contribution in [0.15, 0.2) is 47.1 Å². The van der Waals surface area contributed by atoms with Gasteiger partial charge in [0.1, 0.15) is 5.76 Å². The average Bonchev–Trinajstić information content (AvgIpc) is 2.91. The molecule has 0 unspecified atom stereocenters. The third kappa shape index (κ3) is 3.13. The maximum atomic E-state index is 11.2. The molecule has 0 spiro atoms. The van der Waals surface area contributed by atoms with Gasteiger partial charge in [-0.1, -0.05) is 18.2 Å². The molecule has 2 aromatic rings. The fourth-order valence-corrected chi connectivity index (χ4v) is 1.63. The second-order valence-electron chi connectivity index (χ2n) is 3.75. The first-order valence-electron chi connectivity index (χ1n) is 5.83. The van der Waals surface area contributed by atoms with E-state index in [1.54, 1.807) is 13.2 Å². The second-order valence-corrected chi connectivity index (χ2v) is 3.75. The van der Waals surface area contributed by atoms with Gasteiger partial charge >= 0.3 is 6.09 Å². The number of alkyl carbamates (subject to hydrolysis) is 1. The van der Waals surface area contributed by atoms with Crippen molar-refractivity contribution in [3.8, 4) is 11.3 Å². The van der Waals surface area contributed by atoms with E-state index < -0.39 is 6.09 Å². The lowest BCUT2D eigenvalue weighted by atomic mass is 10.1.